The van der Waals surface area contributed by atoms with Crippen LogP contribution < -0.4 is 0 Å². The lowest BCUT2D eigenvalue weighted by atomic mass is 10.4. The van der Waals surface area contributed by atoms with Crippen molar-refractivity contribution in [3.8, 4) is 0 Å². The Kier molecular flexibility index (Phi) is 3.78. The van der Waals surface area contributed by atoms with Gasteiger partial charge in [0.1, 0.15) is 0 Å². The van der Waals surface area contributed by atoms with Crippen molar-refractivity contribution in [3.05, 3.63) is 0 Å². The van der Waals surface area contributed by atoms with Crippen LogP contribution >= 0.6 is 31.9 Å². The van der Waals surface area contributed by atoms with Crippen molar-refractivity contribution in [1.29, 1.82) is 0 Å². The maximum absolute atomic E-state index is 12.6. The second-order valence-electron chi connectivity index (χ2n) is 1.67. The van der Waals surface area contributed by atoms with Crippen LogP contribution in [0.25, 0.3) is 0 Å². The highest BCUT2D eigenvalue weighted by atomic mass is 79.9. The first-order valence-electron chi connectivity index (χ1n) is 2.35. The fourth-order valence-electron chi connectivity index (χ4n) is 0.294. The van der Waals surface area contributed by atoms with Gasteiger partial charge < -0.3 is 4.74 Å². The van der Waals surface area contributed by atoms with Crippen molar-refractivity contribution in [3.63, 3.8) is 0 Å². The summed E-state index contributed by atoms with van der Waals surface area (Å²) in [5, 5.41) is 0. The molecular formula is C4H4Br2F4O. The van der Waals surface area contributed by atoms with Crippen LogP contribution in [0.5, 0.6) is 0 Å². The van der Waals surface area contributed by atoms with Crippen LogP contribution in [0.15, 0.2) is 0 Å². The molecule has 0 rings (SSSR count). The Balaban J connectivity index is 4.35. The highest BCUT2D eigenvalue weighted by molar-refractivity contribution is 9.12. The van der Waals surface area contributed by atoms with Crippen LogP contribution in [0, 0.1) is 0 Å². The Morgan fingerprint density at radius 3 is 1.73 bits per heavy atom. The van der Waals surface area contributed by atoms with E-state index in [0.29, 0.717) is 0 Å². The van der Waals surface area contributed by atoms with Gasteiger partial charge in [0.15, 0.2) is 4.83 Å². The van der Waals surface area contributed by atoms with Gasteiger partial charge in [0.05, 0.1) is 0 Å². The first kappa shape index (κ1) is 11.6. The molecule has 0 radical (unpaired) electrons. The number of hydrogen-bond donors (Lipinski definition) is 0. The number of rotatable bonds is 2. The molecule has 11 heavy (non-hydrogen) atoms. The number of alkyl halides is 6. The third-order valence-electron chi connectivity index (χ3n) is 0.855. The summed E-state index contributed by atoms with van der Waals surface area (Å²) in [6, 6.07) is 0. The molecule has 0 saturated carbocycles. The number of ether oxygens (including phenoxy) is 1. The molecular weight excluding hydrogens is 300 g/mol. The van der Waals surface area contributed by atoms with Gasteiger partial charge in [0.2, 0.25) is 0 Å². The lowest BCUT2D eigenvalue weighted by Crippen LogP contribution is -2.40. The maximum atomic E-state index is 12.6. The van der Waals surface area contributed by atoms with E-state index in [-0.39, 0.29) is 0 Å². The van der Waals surface area contributed by atoms with Crippen LogP contribution in [-0.4, -0.2) is 22.9 Å². The fourth-order valence-corrected chi connectivity index (χ4v) is 0.740. The molecule has 2 atom stereocenters. The number of halogens is 6. The third-order valence-corrected chi connectivity index (χ3v) is 3.36. The van der Waals surface area contributed by atoms with Gasteiger partial charge in [-0.25, -0.2) is 0 Å². The summed E-state index contributed by atoms with van der Waals surface area (Å²) in [7, 11) is 0.828. The summed E-state index contributed by atoms with van der Waals surface area (Å²) in [4.78, 5) is -2.38. The molecule has 0 aromatic heterocycles. The van der Waals surface area contributed by atoms with Crippen LogP contribution in [0.2, 0.25) is 0 Å². The van der Waals surface area contributed by atoms with E-state index in [4.69, 9.17) is 0 Å². The molecule has 0 aliphatic rings. The maximum Gasteiger partial charge on any atom is 0.407 e. The van der Waals surface area contributed by atoms with Crippen molar-refractivity contribution >= 4 is 31.9 Å². The average Bonchev–Trinajstić information content (AvgIpc) is 1.84. The zero-order valence-corrected chi connectivity index (χ0v) is 8.43. The number of methoxy groups -OCH3 is 1. The van der Waals surface area contributed by atoms with Gasteiger partial charge in [-0.1, -0.05) is 15.9 Å². The molecule has 0 bridgehead atoms. The molecule has 0 spiro atoms. The zero-order chi connectivity index (χ0) is 9.28. The van der Waals surface area contributed by atoms with Crippen molar-refractivity contribution in [2.45, 2.75) is 15.8 Å². The van der Waals surface area contributed by atoms with Crippen LogP contribution in [0.3, 0.4) is 0 Å². The van der Waals surface area contributed by atoms with Gasteiger partial charge in [-0.3, -0.25) is 0 Å². The Hall–Kier alpha value is 0.640. The van der Waals surface area contributed by atoms with E-state index in [2.05, 4.69) is 36.6 Å². The minimum Gasteiger partial charge on any atom is -0.340 e. The molecule has 0 heterocycles. The predicted octanol–water partition coefficient (Wildman–Crippen LogP) is 2.98. The molecule has 0 saturated heterocycles. The van der Waals surface area contributed by atoms with E-state index in [1.807, 2.05) is 0 Å². The number of hydrogen-bond acceptors (Lipinski definition) is 1. The second kappa shape index (κ2) is 3.57. The molecule has 1 nitrogen and oxygen atoms in total. The fraction of sp³-hybridized carbons (Fsp3) is 1.00. The van der Waals surface area contributed by atoms with Gasteiger partial charge in [-0.15, -0.1) is 0 Å². The molecule has 0 aliphatic carbocycles. The molecule has 0 aliphatic heterocycles. The molecule has 68 valence electrons. The molecule has 0 fully saturated rings. The van der Waals surface area contributed by atoms with Crippen molar-refractivity contribution in [2.24, 2.45) is 0 Å². The first-order valence-corrected chi connectivity index (χ1v) is 4.06. The van der Waals surface area contributed by atoms with Crippen LogP contribution in [0.4, 0.5) is 17.6 Å². The standard InChI is InChI=1S/C4H4Br2F4O/c1-11-3(6,7)2(5)4(8,9)10/h2H,1H3/t2-,3-/m1/s1. The van der Waals surface area contributed by atoms with Gasteiger partial charge in [-0.2, -0.15) is 17.6 Å². The van der Waals surface area contributed by atoms with E-state index in [1.165, 1.54) is 0 Å². The SMILES string of the molecule is CO[C@@](F)(Br)[C@@H](Br)C(F)(F)F. The third kappa shape index (κ3) is 3.25. The Morgan fingerprint density at radius 1 is 1.27 bits per heavy atom. The lowest BCUT2D eigenvalue weighted by Gasteiger charge is -2.23. The van der Waals surface area contributed by atoms with Crippen LogP contribution in [-0.2, 0) is 4.74 Å². The van der Waals surface area contributed by atoms with Gasteiger partial charge >= 0.3 is 6.18 Å². The highest BCUT2D eigenvalue weighted by Gasteiger charge is 2.52. The van der Waals surface area contributed by atoms with Gasteiger partial charge in [-0.05, 0) is 15.9 Å². The minimum absolute atomic E-state index is 0.828. The molecule has 0 amide bonds. The van der Waals surface area contributed by atoms with E-state index >= 15 is 0 Å². The molecule has 0 aromatic rings. The normalized spacial score (nSPS) is 21.0. The molecule has 0 N–H and O–H groups in total. The highest BCUT2D eigenvalue weighted by Crippen LogP contribution is 2.40. The van der Waals surface area contributed by atoms with E-state index in [0.717, 1.165) is 7.11 Å². The summed E-state index contributed by atoms with van der Waals surface area (Å²) in [6.07, 6.45) is -4.69. The minimum atomic E-state index is -4.69. The smallest absolute Gasteiger partial charge is 0.340 e. The average molecular weight is 304 g/mol. The summed E-state index contributed by atoms with van der Waals surface area (Å²) in [6.45, 7) is 0. The second-order valence-corrected chi connectivity index (χ2v) is 3.67. The lowest BCUT2D eigenvalue weighted by molar-refractivity contribution is -0.176. The topological polar surface area (TPSA) is 9.23 Å². The Morgan fingerprint density at radius 2 is 1.64 bits per heavy atom. The van der Waals surface area contributed by atoms with E-state index in [1.54, 1.807) is 0 Å². The molecule has 0 aromatic carbocycles. The van der Waals surface area contributed by atoms with Crippen molar-refractivity contribution < 1.29 is 22.3 Å². The first-order chi connectivity index (χ1) is 4.72. The Bertz CT molecular complexity index is 135. The van der Waals surface area contributed by atoms with Gasteiger partial charge in [0, 0.05) is 7.11 Å². The quantitative estimate of drug-likeness (QED) is 0.563. The molecule has 7 heteroatoms. The largest absolute Gasteiger partial charge is 0.407 e. The summed E-state index contributed by atoms with van der Waals surface area (Å²) >= 11 is 4.23. The van der Waals surface area contributed by atoms with Gasteiger partial charge in [0.25, 0.3) is 4.76 Å². The Labute approximate surface area is 77.3 Å². The van der Waals surface area contributed by atoms with Crippen molar-refractivity contribution in [1.82, 2.24) is 0 Å². The van der Waals surface area contributed by atoms with E-state index in [9.17, 15) is 17.6 Å². The monoisotopic (exact) mass is 302 g/mol. The summed E-state index contributed by atoms with van der Waals surface area (Å²) in [5.74, 6) is 0. The molecule has 0 unspecified atom stereocenters. The zero-order valence-electron chi connectivity index (χ0n) is 5.25. The van der Waals surface area contributed by atoms with E-state index < -0.39 is 15.8 Å². The van der Waals surface area contributed by atoms with Crippen LogP contribution in [0.1, 0.15) is 0 Å². The van der Waals surface area contributed by atoms with Crippen molar-refractivity contribution in [2.75, 3.05) is 7.11 Å². The summed E-state index contributed by atoms with van der Waals surface area (Å²) in [5.41, 5.74) is 0. The predicted molar refractivity (Wildman–Crippen MR) is 38.5 cm³/mol. The summed E-state index contributed by atoms with van der Waals surface area (Å²) < 4.78 is 48.8.